The van der Waals surface area contributed by atoms with Gasteiger partial charge in [0.15, 0.2) is 0 Å². The van der Waals surface area contributed by atoms with Crippen LogP contribution in [0.25, 0.3) is 61.4 Å². The minimum Gasteiger partial charge on any atom is -0.522 e. The number of hydrogen-bond acceptors (Lipinski definition) is 3. The summed E-state index contributed by atoms with van der Waals surface area (Å²) in [6.07, 6.45) is 6.93. The minimum atomic E-state index is -0.665. The fourth-order valence-corrected chi connectivity index (χ4v) is 7.59. The SMILES string of the molecule is [2H]C(CC)(CC)c1cccc(-[n+]2[c-]n(-c3[c-]c(Oc4[c-]c5c(cc4)c4ccccc4n5-c4cc(C(C)(C)C)ccn4)cc(-c4ccccc4)n3)c3ccccc32)c1.[Pt]. The Morgan fingerprint density at radius 3 is 2.30 bits per heavy atom. The number of pyridine rings is 2. The molecule has 0 radical (unpaired) electrons. The molecule has 9 aromatic rings. The Labute approximate surface area is 350 Å². The van der Waals surface area contributed by atoms with Gasteiger partial charge in [0, 0.05) is 39.9 Å². The van der Waals surface area contributed by atoms with E-state index in [2.05, 4.69) is 130 Å². The van der Waals surface area contributed by atoms with E-state index in [1.807, 2.05) is 76.0 Å². The third kappa shape index (κ3) is 7.19. The number of benzene rings is 5. The molecule has 0 aliphatic heterocycles. The summed E-state index contributed by atoms with van der Waals surface area (Å²) in [6.45, 7) is 10.8. The monoisotopic (exact) mass is 925 g/mol. The van der Waals surface area contributed by atoms with Crippen LogP contribution in [-0.4, -0.2) is 19.1 Å². The van der Waals surface area contributed by atoms with Gasteiger partial charge in [-0.25, -0.2) is 4.98 Å². The molecule has 9 rings (SSSR count). The molecule has 0 aliphatic carbocycles. The molecular formula is C50H43N5OPt-2. The average molecular weight is 926 g/mol. The second-order valence-corrected chi connectivity index (χ2v) is 15.1. The Kier molecular flexibility index (Phi) is 10.1. The topological polar surface area (TPSA) is 48.8 Å². The number of aromatic nitrogens is 5. The van der Waals surface area contributed by atoms with Crippen molar-refractivity contribution in [3.05, 3.63) is 169 Å². The Morgan fingerprint density at radius 2 is 1.51 bits per heavy atom. The van der Waals surface area contributed by atoms with Gasteiger partial charge in [-0.2, -0.15) is 12.1 Å². The standard InChI is InChI=1S/C50H43N5O.Pt/c1-6-34(7-2)36-18-15-19-38(28-36)53-33-54(46-23-14-13-22-45(46)53)49-32-40(30-43(52-49)35-16-9-8-10-17-35)56-39-24-25-42-41-20-11-12-21-44(41)55(47(42)31-39)48-29-37(26-27-51-48)50(3,4)5;/h8-30,34H,6-7H2,1-5H3;/q-2;/i34D;. The second-order valence-electron chi connectivity index (χ2n) is 15.1. The summed E-state index contributed by atoms with van der Waals surface area (Å²) in [5, 5.41) is 2.18. The van der Waals surface area contributed by atoms with Gasteiger partial charge in [0.05, 0.1) is 22.5 Å². The molecule has 5 aromatic carbocycles. The first-order chi connectivity index (χ1) is 27.6. The van der Waals surface area contributed by atoms with E-state index in [1.54, 1.807) is 0 Å². The third-order valence-electron chi connectivity index (χ3n) is 10.6. The van der Waals surface area contributed by atoms with Crippen molar-refractivity contribution < 1.29 is 31.7 Å². The van der Waals surface area contributed by atoms with Gasteiger partial charge in [0.1, 0.15) is 5.82 Å². The number of nitrogens with zero attached hydrogens (tertiary/aromatic N) is 5. The summed E-state index contributed by atoms with van der Waals surface area (Å²) in [6, 6.07) is 52.3. The van der Waals surface area contributed by atoms with Crippen LogP contribution in [0.3, 0.4) is 0 Å². The van der Waals surface area contributed by atoms with E-state index in [9.17, 15) is 0 Å². The van der Waals surface area contributed by atoms with E-state index in [0.29, 0.717) is 17.3 Å². The van der Waals surface area contributed by atoms with Crippen molar-refractivity contribution >= 4 is 32.8 Å². The van der Waals surface area contributed by atoms with E-state index in [1.165, 1.54) is 5.56 Å². The van der Waals surface area contributed by atoms with Crippen molar-refractivity contribution in [1.29, 1.82) is 0 Å². The van der Waals surface area contributed by atoms with Gasteiger partial charge >= 0.3 is 0 Å². The molecule has 0 N–H and O–H groups in total. The number of imidazole rings is 1. The molecule has 4 heterocycles. The summed E-state index contributed by atoms with van der Waals surface area (Å²) in [5.74, 6) is 1.74. The largest absolute Gasteiger partial charge is 0.522 e. The molecular weight excluding hydrogens is 882 g/mol. The Balaban J connectivity index is 0.00000469. The summed E-state index contributed by atoms with van der Waals surface area (Å²) in [4.78, 5) is 9.99. The number of hydrogen-bond donors (Lipinski definition) is 0. The molecule has 7 heteroatoms. The van der Waals surface area contributed by atoms with Crippen molar-refractivity contribution in [2.45, 2.75) is 58.8 Å². The fourth-order valence-electron chi connectivity index (χ4n) is 7.59. The van der Waals surface area contributed by atoms with Crippen molar-refractivity contribution in [3.63, 3.8) is 0 Å². The molecule has 0 spiro atoms. The van der Waals surface area contributed by atoms with Gasteiger partial charge in [-0.15, -0.1) is 23.6 Å². The zero-order valence-electron chi connectivity index (χ0n) is 33.7. The van der Waals surface area contributed by atoms with Crippen LogP contribution in [0.2, 0.25) is 0 Å². The summed E-state index contributed by atoms with van der Waals surface area (Å²) >= 11 is 0. The van der Waals surface area contributed by atoms with Gasteiger partial charge < -0.3 is 9.30 Å². The van der Waals surface area contributed by atoms with Crippen LogP contribution in [0.1, 0.15) is 65.9 Å². The van der Waals surface area contributed by atoms with Crippen LogP contribution in [0.15, 0.2) is 140 Å². The molecule has 0 saturated heterocycles. The molecule has 0 saturated carbocycles. The van der Waals surface area contributed by atoms with Gasteiger partial charge in [0.2, 0.25) is 0 Å². The van der Waals surface area contributed by atoms with Gasteiger partial charge in [-0.3, -0.25) is 14.1 Å². The van der Waals surface area contributed by atoms with Gasteiger partial charge in [0.25, 0.3) is 6.33 Å². The van der Waals surface area contributed by atoms with Crippen LogP contribution >= 0.6 is 0 Å². The van der Waals surface area contributed by atoms with Crippen LogP contribution < -0.4 is 9.30 Å². The number of rotatable bonds is 9. The Morgan fingerprint density at radius 1 is 0.754 bits per heavy atom. The first-order valence-corrected chi connectivity index (χ1v) is 19.3. The maximum atomic E-state index is 9.14. The van der Waals surface area contributed by atoms with Crippen LogP contribution in [0.5, 0.6) is 11.5 Å². The first kappa shape index (κ1) is 36.8. The second kappa shape index (κ2) is 15.6. The molecule has 4 aromatic heterocycles. The Hall–Kier alpha value is -5.84. The van der Waals surface area contributed by atoms with Crippen molar-refractivity contribution in [1.82, 2.24) is 19.1 Å². The van der Waals surface area contributed by atoms with E-state index in [-0.39, 0.29) is 26.5 Å². The molecule has 0 unspecified atom stereocenters. The van der Waals surface area contributed by atoms with Crippen molar-refractivity contribution in [2.24, 2.45) is 0 Å². The third-order valence-corrected chi connectivity index (χ3v) is 10.6. The molecule has 0 fully saturated rings. The van der Waals surface area contributed by atoms with Crippen molar-refractivity contribution in [2.75, 3.05) is 0 Å². The molecule has 0 atom stereocenters. The molecule has 0 amide bonds. The van der Waals surface area contributed by atoms with E-state index < -0.39 is 5.89 Å². The van der Waals surface area contributed by atoms with Crippen LogP contribution in [0.4, 0.5) is 0 Å². The Bertz CT molecular complexity index is 2920. The number of para-hydroxylation sites is 3. The maximum absolute atomic E-state index is 9.14. The molecule has 0 aliphatic rings. The van der Waals surface area contributed by atoms with Gasteiger partial charge in [-0.1, -0.05) is 125 Å². The van der Waals surface area contributed by atoms with E-state index in [0.717, 1.165) is 74.0 Å². The van der Waals surface area contributed by atoms with Gasteiger partial charge in [-0.05, 0) is 88.0 Å². The van der Waals surface area contributed by atoms with E-state index >= 15 is 0 Å². The number of ether oxygens (including phenoxy) is 1. The number of fused-ring (bicyclic) bond motifs is 4. The summed E-state index contributed by atoms with van der Waals surface area (Å²) in [7, 11) is 0. The maximum Gasteiger partial charge on any atom is 0.269 e. The van der Waals surface area contributed by atoms with Crippen LogP contribution in [-0.2, 0) is 26.5 Å². The predicted octanol–water partition coefficient (Wildman–Crippen LogP) is 11.9. The molecule has 6 nitrogen and oxygen atoms in total. The first-order valence-electron chi connectivity index (χ1n) is 19.8. The van der Waals surface area contributed by atoms with Crippen molar-refractivity contribution in [3.8, 4) is 40.1 Å². The van der Waals surface area contributed by atoms with E-state index in [4.69, 9.17) is 16.1 Å². The fraction of sp³-hybridized carbons (Fsp3) is 0.180. The smallest absolute Gasteiger partial charge is 0.269 e. The quantitative estimate of drug-likeness (QED) is 0.107. The van der Waals surface area contributed by atoms with Crippen LogP contribution in [0, 0.1) is 18.5 Å². The molecule has 0 bridgehead atoms. The molecule has 57 heavy (non-hydrogen) atoms. The average Bonchev–Trinajstić information content (AvgIpc) is 3.80. The zero-order chi connectivity index (χ0) is 39.3. The minimum absolute atomic E-state index is 0. The summed E-state index contributed by atoms with van der Waals surface area (Å²) in [5.41, 5.74) is 8.56. The normalized spacial score (nSPS) is 12.2. The predicted molar refractivity (Wildman–Crippen MR) is 225 cm³/mol. The molecule has 286 valence electrons. The zero-order valence-corrected chi connectivity index (χ0v) is 34.9. The summed E-state index contributed by atoms with van der Waals surface area (Å²) < 4.78 is 22.0.